The fraction of sp³-hybridized carbons (Fsp3) is 0.231. The predicted octanol–water partition coefficient (Wildman–Crippen LogP) is 5.04. The van der Waals surface area contributed by atoms with E-state index in [4.69, 9.17) is 23.2 Å². The molecule has 2 aromatic rings. The summed E-state index contributed by atoms with van der Waals surface area (Å²) in [6.07, 6.45) is 0. The van der Waals surface area contributed by atoms with Crippen LogP contribution >= 0.6 is 34.5 Å². The van der Waals surface area contributed by atoms with Crippen molar-refractivity contribution >= 4 is 34.5 Å². The molecule has 1 nitrogen and oxygen atoms in total. The maximum Gasteiger partial charge on any atom is 0.142 e. The Morgan fingerprint density at radius 2 is 2.11 bits per heavy atom. The Morgan fingerprint density at radius 1 is 1.33 bits per heavy atom. The average molecular weight is 304 g/mol. The lowest BCUT2D eigenvalue weighted by Crippen LogP contribution is -2.18. The molecule has 0 fully saturated rings. The third-order valence-corrected chi connectivity index (χ3v) is 4.27. The van der Waals surface area contributed by atoms with Gasteiger partial charge in [0.05, 0.1) is 5.02 Å². The molecule has 0 aliphatic carbocycles. The van der Waals surface area contributed by atoms with Crippen LogP contribution in [0.1, 0.15) is 23.4 Å². The molecule has 0 saturated heterocycles. The van der Waals surface area contributed by atoms with Gasteiger partial charge in [-0.2, -0.15) is 0 Å². The first kappa shape index (κ1) is 13.8. The smallest absolute Gasteiger partial charge is 0.142 e. The van der Waals surface area contributed by atoms with E-state index >= 15 is 0 Å². The van der Waals surface area contributed by atoms with Crippen molar-refractivity contribution < 1.29 is 4.39 Å². The molecule has 1 aromatic heterocycles. The summed E-state index contributed by atoms with van der Waals surface area (Å²) >= 11 is 13.7. The topological polar surface area (TPSA) is 12.0 Å². The first-order valence-electron chi connectivity index (χ1n) is 5.48. The minimum atomic E-state index is -0.444. The maximum atomic E-state index is 13.4. The maximum absolute atomic E-state index is 13.4. The molecule has 0 aliphatic rings. The molecule has 0 radical (unpaired) electrons. The zero-order chi connectivity index (χ0) is 13.1. The third-order valence-electron chi connectivity index (χ3n) is 2.68. The SMILES string of the molecule is CC(NCc1cccs1)c1c(Cl)ccc(F)c1Cl. The standard InChI is InChI=1S/C13H12Cl2FNS/c1-8(17-7-9-3-2-6-18-9)12-10(14)4-5-11(16)13(12)15/h2-6,8,17H,7H2,1H3. The van der Waals surface area contributed by atoms with Gasteiger partial charge in [-0.15, -0.1) is 11.3 Å². The van der Waals surface area contributed by atoms with Crippen LogP contribution in [-0.2, 0) is 6.54 Å². The van der Waals surface area contributed by atoms with Crippen molar-refractivity contribution in [2.45, 2.75) is 19.5 Å². The van der Waals surface area contributed by atoms with Crippen LogP contribution in [0.4, 0.5) is 4.39 Å². The van der Waals surface area contributed by atoms with E-state index in [0.717, 1.165) is 0 Å². The molecule has 5 heteroatoms. The highest BCUT2D eigenvalue weighted by Crippen LogP contribution is 2.32. The van der Waals surface area contributed by atoms with E-state index < -0.39 is 5.82 Å². The Balaban J connectivity index is 2.13. The van der Waals surface area contributed by atoms with E-state index in [2.05, 4.69) is 5.32 Å². The van der Waals surface area contributed by atoms with Gasteiger partial charge in [-0.3, -0.25) is 0 Å². The molecule has 0 spiro atoms. The van der Waals surface area contributed by atoms with Gasteiger partial charge in [-0.25, -0.2) is 4.39 Å². The third kappa shape index (κ3) is 3.04. The van der Waals surface area contributed by atoms with E-state index in [0.29, 0.717) is 17.1 Å². The van der Waals surface area contributed by atoms with Crippen LogP contribution in [0.5, 0.6) is 0 Å². The van der Waals surface area contributed by atoms with E-state index in [1.165, 1.54) is 17.0 Å². The van der Waals surface area contributed by atoms with Gasteiger partial charge in [0.1, 0.15) is 5.82 Å². The molecule has 0 amide bonds. The van der Waals surface area contributed by atoms with E-state index in [1.54, 1.807) is 11.3 Å². The van der Waals surface area contributed by atoms with Crippen LogP contribution in [0, 0.1) is 5.82 Å². The molecule has 18 heavy (non-hydrogen) atoms. The first-order chi connectivity index (χ1) is 8.59. The molecule has 0 bridgehead atoms. The van der Waals surface area contributed by atoms with Crippen LogP contribution in [0.25, 0.3) is 0 Å². The highest BCUT2D eigenvalue weighted by Gasteiger charge is 2.16. The fourth-order valence-electron chi connectivity index (χ4n) is 1.71. The largest absolute Gasteiger partial charge is 0.305 e. The van der Waals surface area contributed by atoms with Gasteiger partial charge < -0.3 is 5.32 Å². The summed E-state index contributed by atoms with van der Waals surface area (Å²) in [5.74, 6) is -0.444. The van der Waals surface area contributed by atoms with Gasteiger partial charge in [0.2, 0.25) is 0 Å². The molecule has 2 rings (SSSR count). The number of thiophene rings is 1. The second-order valence-electron chi connectivity index (χ2n) is 3.94. The van der Waals surface area contributed by atoms with Crippen molar-refractivity contribution in [3.05, 3.63) is 55.9 Å². The summed E-state index contributed by atoms with van der Waals surface area (Å²) in [6.45, 7) is 2.63. The second-order valence-corrected chi connectivity index (χ2v) is 5.76. The van der Waals surface area contributed by atoms with Crippen molar-refractivity contribution in [3.63, 3.8) is 0 Å². The van der Waals surface area contributed by atoms with Crippen LogP contribution < -0.4 is 5.32 Å². The Kier molecular flexibility index (Phi) is 4.62. The van der Waals surface area contributed by atoms with Crippen LogP contribution in [0.15, 0.2) is 29.6 Å². The van der Waals surface area contributed by atoms with Gasteiger partial charge >= 0.3 is 0 Å². The zero-order valence-electron chi connectivity index (χ0n) is 9.71. The van der Waals surface area contributed by atoms with Crippen LogP contribution in [0.3, 0.4) is 0 Å². The number of hydrogen-bond donors (Lipinski definition) is 1. The lowest BCUT2D eigenvalue weighted by molar-refractivity contribution is 0.569. The van der Waals surface area contributed by atoms with Gasteiger partial charge in [-0.05, 0) is 30.5 Å². The molecule has 1 aromatic carbocycles. The number of rotatable bonds is 4. The Labute approximate surface area is 120 Å². The molecule has 1 N–H and O–H groups in total. The van der Waals surface area contributed by atoms with Crippen LogP contribution in [-0.4, -0.2) is 0 Å². The lowest BCUT2D eigenvalue weighted by Gasteiger charge is -2.17. The van der Waals surface area contributed by atoms with E-state index in [-0.39, 0.29) is 11.1 Å². The summed E-state index contributed by atoms with van der Waals surface area (Å²) in [5, 5.41) is 5.87. The van der Waals surface area contributed by atoms with Gasteiger partial charge in [0.25, 0.3) is 0 Å². The molecule has 96 valence electrons. The predicted molar refractivity (Wildman–Crippen MR) is 76.0 cm³/mol. The van der Waals surface area contributed by atoms with E-state index in [9.17, 15) is 4.39 Å². The monoisotopic (exact) mass is 303 g/mol. The normalized spacial score (nSPS) is 12.7. The Bertz CT molecular complexity index is 528. The Morgan fingerprint density at radius 3 is 2.78 bits per heavy atom. The summed E-state index contributed by atoms with van der Waals surface area (Å²) in [5.41, 5.74) is 0.606. The highest BCUT2D eigenvalue weighted by atomic mass is 35.5. The van der Waals surface area contributed by atoms with Crippen molar-refractivity contribution in [1.82, 2.24) is 5.32 Å². The van der Waals surface area contributed by atoms with Gasteiger partial charge in [0.15, 0.2) is 0 Å². The quantitative estimate of drug-likeness (QED) is 0.780. The van der Waals surface area contributed by atoms with Gasteiger partial charge in [-0.1, -0.05) is 29.3 Å². The second kappa shape index (κ2) is 6.02. The summed E-state index contributed by atoms with van der Waals surface area (Å²) in [7, 11) is 0. The van der Waals surface area contributed by atoms with Crippen molar-refractivity contribution in [2.24, 2.45) is 0 Å². The number of hydrogen-bond acceptors (Lipinski definition) is 2. The minimum absolute atomic E-state index is 0.0914. The van der Waals surface area contributed by atoms with Gasteiger partial charge in [0, 0.05) is 28.0 Å². The summed E-state index contributed by atoms with van der Waals surface area (Å²) in [6, 6.07) is 6.73. The van der Waals surface area contributed by atoms with Crippen LogP contribution in [0.2, 0.25) is 10.0 Å². The molecule has 1 atom stereocenters. The lowest BCUT2D eigenvalue weighted by atomic mass is 10.1. The molecular formula is C13H12Cl2FNS. The van der Waals surface area contributed by atoms with Crippen molar-refractivity contribution in [3.8, 4) is 0 Å². The molecule has 1 unspecified atom stereocenters. The zero-order valence-corrected chi connectivity index (χ0v) is 12.0. The highest BCUT2D eigenvalue weighted by molar-refractivity contribution is 7.09. The molecule has 1 heterocycles. The molecule has 0 aliphatic heterocycles. The number of nitrogens with one attached hydrogen (secondary N) is 1. The minimum Gasteiger partial charge on any atom is -0.305 e. The Hall–Kier alpha value is -0.610. The average Bonchev–Trinajstić information content (AvgIpc) is 2.85. The fourth-order valence-corrected chi connectivity index (χ4v) is 3.06. The molecule has 0 saturated carbocycles. The molecular weight excluding hydrogens is 292 g/mol. The van der Waals surface area contributed by atoms with Crippen molar-refractivity contribution in [2.75, 3.05) is 0 Å². The summed E-state index contributed by atoms with van der Waals surface area (Å²) in [4.78, 5) is 1.21. The first-order valence-corrected chi connectivity index (χ1v) is 7.12. The number of benzene rings is 1. The van der Waals surface area contributed by atoms with Crippen molar-refractivity contribution in [1.29, 1.82) is 0 Å². The number of halogens is 3. The van der Waals surface area contributed by atoms with E-state index in [1.807, 2.05) is 24.4 Å². The summed E-state index contributed by atoms with van der Waals surface area (Å²) < 4.78 is 13.4.